The summed E-state index contributed by atoms with van der Waals surface area (Å²) >= 11 is 0. The number of pyridine rings is 1. The van der Waals surface area contributed by atoms with Gasteiger partial charge in [0.1, 0.15) is 5.49 Å². The third-order valence-electron chi connectivity index (χ3n) is 5.05. The van der Waals surface area contributed by atoms with E-state index in [-0.39, 0.29) is 4.90 Å². The van der Waals surface area contributed by atoms with Crippen LogP contribution in [0.15, 0.2) is 82.8 Å². The minimum Gasteiger partial charge on any atom is -0.328 e. The van der Waals surface area contributed by atoms with Crippen molar-refractivity contribution in [2.45, 2.75) is 32.2 Å². The number of aromatic nitrogens is 1. The van der Waals surface area contributed by atoms with Crippen LogP contribution in [0, 0.1) is 6.92 Å². The summed E-state index contributed by atoms with van der Waals surface area (Å²) in [7, 11) is -3.56. The first kappa shape index (κ1) is 22.7. The Balaban J connectivity index is 1.87. The standard InChI is InChI=1S/C24H27N3O3S/c1-4-27(5-2)31(29,30)22-15-13-21(14-16-22)24(28)25-23-8-6-7-17-26(23)18-20-11-9-19(3)10-12-20/h6-17H,4-5,18H2,1-3H3. The number of aryl methyl sites for hydroxylation is 1. The second-order valence-electron chi connectivity index (χ2n) is 7.20. The van der Waals surface area contributed by atoms with Crippen molar-refractivity contribution >= 4 is 15.9 Å². The second-order valence-corrected chi connectivity index (χ2v) is 9.14. The van der Waals surface area contributed by atoms with Crippen molar-refractivity contribution in [2.24, 2.45) is 4.99 Å². The summed E-state index contributed by atoms with van der Waals surface area (Å²) in [5.74, 6) is -0.421. The highest BCUT2D eigenvalue weighted by atomic mass is 32.2. The summed E-state index contributed by atoms with van der Waals surface area (Å²) in [5, 5.41) is 0. The van der Waals surface area contributed by atoms with Crippen molar-refractivity contribution in [1.82, 2.24) is 8.87 Å². The number of nitrogens with zero attached hydrogens (tertiary/aromatic N) is 3. The maximum absolute atomic E-state index is 12.7. The molecule has 162 valence electrons. The van der Waals surface area contributed by atoms with Crippen molar-refractivity contribution in [2.75, 3.05) is 13.1 Å². The first-order valence-electron chi connectivity index (χ1n) is 10.3. The fraction of sp³-hybridized carbons (Fsp3) is 0.250. The van der Waals surface area contributed by atoms with E-state index in [0.29, 0.717) is 30.7 Å². The predicted octanol–water partition coefficient (Wildman–Crippen LogP) is 3.62. The molecule has 0 saturated carbocycles. The van der Waals surface area contributed by atoms with E-state index >= 15 is 0 Å². The third-order valence-corrected chi connectivity index (χ3v) is 7.11. The van der Waals surface area contributed by atoms with Gasteiger partial charge in [0.05, 0.1) is 4.90 Å². The number of carbonyl (C=O) groups excluding carboxylic acids is 1. The molecule has 3 aromatic rings. The first-order chi connectivity index (χ1) is 14.8. The maximum Gasteiger partial charge on any atom is 0.278 e. The average molecular weight is 438 g/mol. The lowest BCUT2D eigenvalue weighted by molar-refractivity contribution is 0.0997. The van der Waals surface area contributed by atoms with Gasteiger partial charge in [0.15, 0.2) is 0 Å². The SMILES string of the molecule is CCN(CC)S(=O)(=O)c1ccc(C(=O)N=c2ccccn2Cc2ccc(C)cc2)cc1. The van der Waals surface area contributed by atoms with Crippen LogP contribution in [0.1, 0.15) is 35.3 Å². The van der Waals surface area contributed by atoms with Gasteiger partial charge >= 0.3 is 0 Å². The van der Waals surface area contributed by atoms with Gasteiger partial charge in [-0.05, 0) is 48.9 Å². The Hall–Kier alpha value is -3.03. The number of carbonyl (C=O) groups is 1. The van der Waals surface area contributed by atoms with Crippen molar-refractivity contribution < 1.29 is 13.2 Å². The Bertz CT molecular complexity index is 1210. The zero-order valence-corrected chi connectivity index (χ0v) is 18.8. The molecule has 0 bridgehead atoms. The average Bonchev–Trinajstić information content (AvgIpc) is 2.77. The van der Waals surface area contributed by atoms with Gasteiger partial charge in [0.2, 0.25) is 10.0 Å². The zero-order valence-electron chi connectivity index (χ0n) is 18.0. The van der Waals surface area contributed by atoms with Gasteiger partial charge in [-0.3, -0.25) is 4.79 Å². The van der Waals surface area contributed by atoms with Gasteiger partial charge in [-0.15, -0.1) is 0 Å². The molecular weight excluding hydrogens is 410 g/mol. The van der Waals surface area contributed by atoms with E-state index in [1.807, 2.05) is 29.8 Å². The lowest BCUT2D eigenvalue weighted by atomic mass is 10.1. The minimum atomic E-state index is -3.56. The van der Waals surface area contributed by atoms with E-state index in [2.05, 4.69) is 29.3 Å². The molecule has 3 rings (SSSR count). The molecule has 0 N–H and O–H groups in total. The molecule has 0 spiro atoms. The van der Waals surface area contributed by atoms with Crippen LogP contribution < -0.4 is 5.49 Å². The van der Waals surface area contributed by atoms with Crippen LogP contribution in [0.3, 0.4) is 0 Å². The highest BCUT2D eigenvalue weighted by molar-refractivity contribution is 7.89. The summed E-state index contributed by atoms with van der Waals surface area (Å²) in [4.78, 5) is 17.2. The number of hydrogen-bond donors (Lipinski definition) is 0. The van der Waals surface area contributed by atoms with Gasteiger partial charge in [0.25, 0.3) is 5.91 Å². The molecular formula is C24H27N3O3S. The Labute approximate surface area is 183 Å². The molecule has 0 atom stereocenters. The van der Waals surface area contributed by atoms with Gasteiger partial charge < -0.3 is 4.57 Å². The normalized spacial score (nSPS) is 12.3. The predicted molar refractivity (Wildman–Crippen MR) is 121 cm³/mol. The Kier molecular flexibility index (Phi) is 7.20. The highest BCUT2D eigenvalue weighted by Gasteiger charge is 2.21. The molecule has 1 aromatic heterocycles. The Morgan fingerprint density at radius 2 is 1.58 bits per heavy atom. The molecule has 0 unspecified atom stereocenters. The molecule has 7 heteroatoms. The zero-order chi connectivity index (χ0) is 22.4. The number of amides is 1. The van der Waals surface area contributed by atoms with Crippen LogP contribution >= 0.6 is 0 Å². The monoisotopic (exact) mass is 437 g/mol. The number of rotatable bonds is 7. The maximum atomic E-state index is 12.7. The van der Waals surface area contributed by atoms with Crippen LogP contribution in [0.25, 0.3) is 0 Å². The lowest BCUT2D eigenvalue weighted by Gasteiger charge is -2.18. The van der Waals surface area contributed by atoms with Crippen LogP contribution in [0.2, 0.25) is 0 Å². The van der Waals surface area contributed by atoms with E-state index in [4.69, 9.17) is 0 Å². The Morgan fingerprint density at radius 3 is 2.19 bits per heavy atom. The molecule has 1 heterocycles. The Morgan fingerprint density at radius 1 is 0.935 bits per heavy atom. The third kappa shape index (κ3) is 5.37. The van der Waals surface area contributed by atoms with E-state index in [9.17, 15) is 13.2 Å². The van der Waals surface area contributed by atoms with E-state index in [1.165, 1.54) is 34.1 Å². The molecule has 0 aliphatic rings. The summed E-state index contributed by atoms with van der Waals surface area (Å²) in [6, 6.07) is 19.6. The van der Waals surface area contributed by atoms with Crippen molar-refractivity contribution in [3.63, 3.8) is 0 Å². The summed E-state index contributed by atoms with van der Waals surface area (Å²) < 4.78 is 28.5. The molecule has 0 aliphatic carbocycles. The van der Waals surface area contributed by atoms with Crippen molar-refractivity contribution in [3.05, 3.63) is 95.1 Å². The quantitative estimate of drug-likeness (QED) is 0.567. The second kappa shape index (κ2) is 9.85. The largest absolute Gasteiger partial charge is 0.328 e. The molecule has 0 saturated heterocycles. The fourth-order valence-corrected chi connectivity index (χ4v) is 4.70. The smallest absolute Gasteiger partial charge is 0.278 e. The van der Waals surface area contributed by atoms with Gasteiger partial charge in [-0.2, -0.15) is 9.30 Å². The summed E-state index contributed by atoms with van der Waals surface area (Å²) in [6.07, 6.45) is 1.88. The lowest BCUT2D eigenvalue weighted by Crippen LogP contribution is -2.30. The number of hydrogen-bond acceptors (Lipinski definition) is 3. The minimum absolute atomic E-state index is 0.168. The number of benzene rings is 2. The molecule has 0 fully saturated rings. The van der Waals surface area contributed by atoms with E-state index < -0.39 is 15.9 Å². The van der Waals surface area contributed by atoms with E-state index in [0.717, 1.165) is 5.56 Å². The molecule has 1 amide bonds. The molecule has 0 radical (unpaired) electrons. The van der Waals surface area contributed by atoms with Crippen LogP contribution in [0.4, 0.5) is 0 Å². The van der Waals surface area contributed by atoms with Gasteiger partial charge in [0, 0.05) is 31.4 Å². The van der Waals surface area contributed by atoms with Crippen molar-refractivity contribution in [3.8, 4) is 0 Å². The summed E-state index contributed by atoms with van der Waals surface area (Å²) in [5.41, 5.74) is 3.17. The van der Waals surface area contributed by atoms with Gasteiger partial charge in [-0.1, -0.05) is 49.7 Å². The highest BCUT2D eigenvalue weighted by Crippen LogP contribution is 2.16. The topological polar surface area (TPSA) is 71.7 Å². The summed E-state index contributed by atoms with van der Waals surface area (Å²) in [6.45, 7) is 7.01. The first-order valence-corrected chi connectivity index (χ1v) is 11.7. The van der Waals surface area contributed by atoms with E-state index in [1.54, 1.807) is 19.9 Å². The number of sulfonamides is 1. The van der Waals surface area contributed by atoms with Crippen LogP contribution in [-0.2, 0) is 16.6 Å². The molecule has 2 aromatic carbocycles. The molecule has 6 nitrogen and oxygen atoms in total. The van der Waals surface area contributed by atoms with Crippen molar-refractivity contribution in [1.29, 1.82) is 0 Å². The van der Waals surface area contributed by atoms with Crippen LogP contribution in [-0.4, -0.2) is 36.3 Å². The molecule has 31 heavy (non-hydrogen) atoms. The van der Waals surface area contributed by atoms with Gasteiger partial charge in [-0.25, -0.2) is 8.42 Å². The fourth-order valence-electron chi connectivity index (χ4n) is 3.24. The van der Waals surface area contributed by atoms with Crippen LogP contribution in [0.5, 0.6) is 0 Å². The molecule has 0 aliphatic heterocycles.